The number of benzene rings is 1. The Morgan fingerprint density at radius 1 is 1.25 bits per heavy atom. The topological polar surface area (TPSA) is 32.3 Å². The lowest BCUT2D eigenvalue weighted by atomic mass is 9.99. The van der Waals surface area contributed by atoms with E-state index >= 15 is 0 Å². The Balaban J connectivity index is 1.59. The zero-order valence-corrected chi connectivity index (χ0v) is 12.5. The van der Waals surface area contributed by atoms with E-state index in [-0.39, 0.29) is 11.4 Å². The Kier molecular flexibility index (Phi) is 3.55. The summed E-state index contributed by atoms with van der Waals surface area (Å²) in [6, 6.07) is 6.23. The molecule has 0 aromatic heterocycles. The number of rotatable bonds is 5. The molecule has 0 atom stereocenters. The molecule has 1 saturated carbocycles. The number of likely N-dealkylation sites (tertiary alicyclic amines) is 1. The normalized spacial score (nSPS) is 20.3. The fourth-order valence-corrected chi connectivity index (χ4v) is 3.07. The summed E-state index contributed by atoms with van der Waals surface area (Å²) in [5.74, 6) is 0.181. The Labute approximate surface area is 121 Å². The van der Waals surface area contributed by atoms with Crippen LogP contribution < -0.4 is 5.32 Å². The van der Waals surface area contributed by atoms with Gasteiger partial charge in [-0.15, -0.1) is 0 Å². The molecule has 3 heteroatoms. The number of nitrogens with zero attached hydrogens (tertiary/aromatic N) is 1. The molecule has 1 aliphatic carbocycles. The van der Waals surface area contributed by atoms with E-state index in [1.54, 1.807) is 0 Å². The van der Waals surface area contributed by atoms with Gasteiger partial charge in [-0.3, -0.25) is 4.79 Å². The van der Waals surface area contributed by atoms with Crippen molar-refractivity contribution in [2.45, 2.75) is 45.1 Å². The summed E-state index contributed by atoms with van der Waals surface area (Å²) in [6.45, 7) is 7.62. The number of carbonyl (C=O) groups is 1. The average molecular weight is 272 g/mol. The molecule has 3 nitrogen and oxygen atoms in total. The van der Waals surface area contributed by atoms with Crippen LogP contribution in [0.15, 0.2) is 18.2 Å². The number of amides is 1. The lowest BCUT2D eigenvalue weighted by Gasteiger charge is -2.34. The summed E-state index contributed by atoms with van der Waals surface area (Å²) in [4.78, 5) is 14.8. The summed E-state index contributed by atoms with van der Waals surface area (Å²) < 4.78 is 0. The number of carbonyl (C=O) groups excluding carboxylic acids is 1. The van der Waals surface area contributed by atoms with Crippen LogP contribution in [0.25, 0.3) is 0 Å². The minimum absolute atomic E-state index is 0.0914. The first-order valence-electron chi connectivity index (χ1n) is 7.66. The maximum atomic E-state index is 12.3. The molecule has 1 heterocycles. The molecule has 0 spiro atoms. The molecule has 3 rings (SSSR count). The Bertz CT molecular complexity index is 495. The Morgan fingerprint density at radius 3 is 2.40 bits per heavy atom. The van der Waals surface area contributed by atoms with Gasteiger partial charge in [-0.2, -0.15) is 0 Å². The van der Waals surface area contributed by atoms with Crippen molar-refractivity contribution in [3.63, 3.8) is 0 Å². The molecule has 1 aromatic carbocycles. The van der Waals surface area contributed by atoms with Gasteiger partial charge < -0.3 is 10.2 Å². The van der Waals surface area contributed by atoms with Crippen LogP contribution in [0.5, 0.6) is 0 Å². The van der Waals surface area contributed by atoms with Crippen molar-refractivity contribution in [1.29, 1.82) is 0 Å². The van der Waals surface area contributed by atoms with Gasteiger partial charge in [-0.05, 0) is 62.9 Å². The molecule has 1 amide bonds. The van der Waals surface area contributed by atoms with Crippen LogP contribution in [0.4, 0.5) is 0 Å². The molecule has 0 radical (unpaired) electrons. The lowest BCUT2D eigenvalue weighted by Crippen LogP contribution is -2.50. The van der Waals surface area contributed by atoms with Crippen LogP contribution >= 0.6 is 0 Å². The molecule has 108 valence electrons. The summed E-state index contributed by atoms with van der Waals surface area (Å²) in [5, 5.41) is 3.29. The van der Waals surface area contributed by atoms with Crippen molar-refractivity contribution in [1.82, 2.24) is 10.2 Å². The van der Waals surface area contributed by atoms with E-state index in [0.29, 0.717) is 6.42 Å². The molecule has 1 aromatic rings. The maximum absolute atomic E-state index is 12.3. The molecule has 20 heavy (non-hydrogen) atoms. The minimum atomic E-state index is 0.0914. The largest absolute Gasteiger partial charge is 0.349 e. The highest BCUT2D eigenvalue weighted by molar-refractivity contribution is 5.80. The molecule has 1 aliphatic heterocycles. The third-order valence-electron chi connectivity index (χ3n) is 4.71. The van der Waals surface area contributed by atoms with Gasteiger partial charge in [0, 0.05) is 6.54 Å². The van der Waals surface area contributed by atoms with E-state index in [1.165, 1.54) is 36.2 Å². The average Bonchev–Trinajstić information content (AvgIpc) is 3.09. The zero-order chi connectivity index (χ0) is 14.2. The van der Waals surface area contributed by atoms with Crippen LogP contribution in [0.1, 0.15) is 36.0 Å². The van der Waals surface area contributed by atoms with Gasteiger partial charge in [0.15, 0.2) is 0 Å². The van der Waals surface area contributed by atoms with Crippen molar-refractivity contribution < 1.29 is 4.79 Å². The van der Waals surface area contributed by atoms with E-state index in [4.69, 9.17) is 0 Å². The van der Waals surface area contributed by atoms with Gasteiger partial charge in [0.1, 0.15) is 0 Å². The second kappa shape index (κ2) is 5.21. The standard InChI is InChI=1S/C17H24N2O/c1-13-5-3-6-14(2)15(13)11-16(20)18-17(7-8-17)12-19-9-4-10-19/h3,5-6H,4,7-12H2,1-2H3,(H,18,20). The number of nitrogens with one attached hydrogen (secondary N) is 1. The predicted octanol–water partition coefficient (Wildman–Crippen LogP) is 2.20. The molecule has 0 bridgehead atoms. The monoisotopic (exact) mass is 272 g/mol. The zero-order valence-electron chi connectivity index (χ0n) is 12.5. The molecule has 1 N–H and O–H groups in total. The molecular formula is C17H24N2O. The SMILES string of the molecule is Cc1cccc(C)c1CC(=O)NC1(CN2CCC2)CC1. The fraction of sp³-hybridized carbons (Fsp3) is 0.588. The first-order chi connectivity index (χ1) is 9.58. The Hall–Kier alpha value is -1.35. The predicted molar refractivity (Wildman–Crippen MR) is 80.8 cm³/mol. The van der Waals surface area contributed by atoms with Crippen LogP contribution in [0.3, 0.4) is 0 Å². The molecule has 2 aliphatic rings. The molecule has 2 fully saturated rings. The molecule has 0 unspecified atom stereocenters. The smallest absolute Gasteiger partial charge is 0.224 e. The highest BCUT2D eigenvalue weighted by Gasteiger charge is 2.45. The second-order valence-corrected chi connectivity index (χ2v) is 6.51. The van der Waals surface area contributed by atoms with Crippen LogP contribution in [-0.4, -0.2) is 36.0 Å². The van der Waals surface area contributed by atoms with E-state index in [2.05, 4.69) is 42.3 Å². The quantitative estimate of drug-likeness (QED) is 0.891. The Morgan fingerprint density at radius 2 is 1.90 bits per heavy atom. The molecule has 1 saturated heterocycles. The van der Waals surface area contributed by atoms with Crippen LogP contribution in [0, 0.1) is 13.8 Å². The van der Waals surface area contributed by atoms with E-state index in [1.807, 2.05) is 0 Å². The summed E-state index contributed by atoms with van der Waals surface area (Å²) in [5.41, 5.74) is 3.71. The highest BCUT2D eigenvalue weighted by atomic mass is 16.1. The summed E-state index contributed by atoms with van der Waals surface area (Å²) >= 11 is 0. The van der Waals surface area contributed by atoms with Crippen LogP contribution in [0.2, 0.25) is 0 Å². The maximum Gasteiger partial charge on any atom is 0.224 e. The van der Waals surface area contributed by atoms with Gasteiger partial charge in [-0.1, -0.05) is 18.2 Å². The third kappa shape index (κ3) is 2.88. The third-order valence-corrected chi connectivity index (χ3v) is 4.71. The van der Waals surface area contributed by atoms with E-state index in [9.17, 15) is 4.79 Å². The second-order valence-electron chi connectivity index (χ2n) is 6.51. The van der Waals surface area contributed by atoms with Crippen molar-refractivity contribution in [3.05, 3.63) is 34.9 Å². The van der Waals surface area contributed by atoms with Gasteiger partial charge in [0.05, 0.1) is 12.0 Å². The van der Waals surface area contributed by atoms with Gasteiger partial charge in [0.25, 0.3) is 0 Å². The first-order valence-corrected chi connectivity index (χ1v) is 7.66. The summed E-state index contributed by atoms with van der Waals surface area (Å²) in [6.07, 6.45) is 4.11. The van der Waals surface area contributed by atoms with Crippen molar-refractivity contribution in [2.75, 3.05) is 19.6 Å². The minimum Gasteiger partial charge on any atom is -0.349 e. The number of hydrogen-bond donors (Lipinski definition) is 1. The highest BCUT2D eigenvalue weighted by Crippen LogP contribution is 2.37. The van der Waals surface area contributed by atoms with E-state index in [0.717, 1.165) is 19.4 Å². The van der Waals surface area contributed by atoms with Crippen LogP contribution in [-0.2, 0) is 11.2 Å². The van der Waals surface area contributed by atoms with Crippen molar-refractivity contribution >= 4 is 5.91 Å². The number of hydrogen-bond acceptors (Lipinski definition) is 2. The van der Waals surface area contributed by atoms with Gasteiger partial charge in [0.2, 0.25) is 5.91 Å². The van der Waals surface area contributed by atoms with Gasteiger partial charge >= 0.3 is 0 Å². The van der Waals surface area contributed by atoms with Crippen molar-refractivity contribution in [3.8, 4) is 0 Å². The van der Waals surface area contributed by atoms with Crippen molar-refractivity contribution in [2.24, 2.45) is 0 Å². The summed E-state index contributed by atoms with van der Waals surface area (Å²) in [7, 11) is 0. The lowest BCUT2D eigenvalue weighted by molar-refractivity contribution is -0.121. The number of aryl methyl sites for hydroxylation is 2. The van der Waals surface area contributed by atoms with E-state index < -0.39 is 0 Å². The first kappa shape index (κ1) is 13.6. The van der Waals surface area contributed by atoms with Gasteiger partial charge in [-0.25, -0.2) is 0 Å². The molecular weight excluding hydrogens is 248 g/mol. The fourth-order valence-electron chi connectivity index (χ4n) is 3.07.